The highest BCUT2D eigenvalue weighted by Gasteiger charge is 2.16. The van der Waals surface area contributed by atoms with Crippen LogP contribution < -0.4 is 10.6 Å². The number of nitriles is 1. The van der Waals surface area contributed by atoms with Gasteiger partial charge in [0.1, 0.15) is 11.9 Å². The first-order valence-corrected chi connectivity index (χ1v) is 11.6. The van der Waals surface area contributed by atoms with Crippen molar-refractivity contribution in [2.45, 2.75) is 33.2 Å². The third kappa shape index (κ3) is 5.48. The zero-order valence-corrected chi connectivity index (χ0v) is 19.4. The predicted molar refractivity (Wildman–Crippen MR) is 134 cm³/mol. The lowest BCUT2D eigenvalue weighted by molar-refractivity contribution is -0.114. The monoisotopic (exact) mass is 455 g/mol. The molecule has 0 saturated carbocycles. The molecule has 7 heteroatoms. The Kier molecular flexibility index (Phi) is 6.86. The normalized spacial score (nSPS) is 10.6. The van der Waals surface area contributed by atoms with Gasteiger partial charge in [0, 0.05) is 36.6 Å². The van der Waals surface area contributed by atoms with Crippen LogP contribution in [0.1, 0.15) is 30.2 Å². The van der Waals surface area contributed by atoms with E-state index in [4.69, 9.17) is 0 Å². The zero-order valence-electron chi connectivity index (χ0n) is 18.6. The summed E-state index contributed by atoms with van der Waals surface area (Å²) in [5.74, 6) is 0.816. The lowest BCUT2D eigenvalue weighted by Crippen LogP contribution is -2.06. The fraction of sp³-hybridized carbons (Fsp3) is 0.192. The number of aryl methyl sites for hydroxylation is 3. The molecule has 2 heterocycles. The van der Waals surface area contributed by atoms with Gasteiger partial charge in [0.05, 0.1) is 16.1 Å². The van der Waals surface area contributed by atoms with Crippen LogP contribution in [0.25, 0.3) is 10.4 Å². The summed E-state index contributed by atoms with van der Waals surface area (Å²) in [6.45, 7) is 4.18. The molecule has 0 spiro atoms. The third-order valence-corrected chi connectivity index (χ3v) is 6.28. The second-order valence-electron chi connectivity index (χ2n) is 7.87. The van der Waals surface area contributed by atoms with Crippen molar-refractivity contribution >= 4 is 34.6 Å². The smallest absolute Gasteiger partial charge is 0.221 e. The molecule has 2 aromatic carbocycles. The number of carbonyl (C=O) groups excluding carboxylic acids is 1. The number of nitrogens with one attached hydrogen (secondary N) is 2. The predicted octanol–water partition coefficient (Wildman–Crippen LogP) is 6.13. The minimum atomic E-state index is -0.108. The van der Waals surface area contributed by atoms with Crippen molar-refractivity contribution in [2.24, 2.45) is 0 Å². The van der Waals surface area contributed by atoms with Crippen LogP contribution in [0.2, 0.25) is 0 Å². The van der Waals surface area contributed by atoms with E-state index in [9.17, 15) is 10.1 Å². The van der Waals surface area contributed by atoms with Gasteiger partial charge in [0.15, 0.2) is 0 Å². The molecule has 4 rings (SSSR count). The molecule has 2 aromatic heterocycles. The van der Waals surface area contributed by atoms with E-state index in [-0.39, 0.29) is 5.91 Å². The molecule has 4 aromatic rings. The van der Waals surface area contributed by atoms with Crippen molar-refractivity contribution in [2.75, 3.05) is 10.6 Å². The highest BCUT2D eigenvalue weighted by Crippen LogP contribution is 2.34. The standard InChI is InChI=1S/C26H25N5OS/c1-18-24(16-27)26(33-30-18)21-14-25(29-23-12-6-11-22(15-23)28-19(2)32)31(17-21)13-7-10-20-8-4-3-5-9-20/h3-6,8-9,11-12,14-15,17,29H,7,10,13H2,1-2H3,(H,28,32). The fourth-order valence-corrected chi connectivity index (χ4v) is 4.57. The number of hydrogen-bond acceptors (Lipinski definition) is 5. The maximum absolute atomic E-state index is 11.4. The maximum atomic E-state index is 11.4. The molecule has 0 atom stereocenters. The number of anilines is 3. The van der Waals surface area contributed by atoms with Crippen molar-refractivity contribution < 1.29 is 4.79 Å². The quantitative estimate of drug-likeness (QED) is 0.335. The number of nitrogens with zero attached hydrogens (tertiary/aromatic N) is 3. The van der Waals surface area contributed by atoms with Crippen LogP contribution in [-0.2, 0) is 17.8 Å². The first-order chi connectivity index (χ1) is 16.0. The Bertz CT molecular complexity index is 1300. The molecular weight excluding hydrogens is 430 g/mol. The van der Waals surface area contributed by atoms with E-state index >= 15 is 0 Å². The van der Waals surface area contributed by atoms with Gasteiger partial charge in [0.2, 0.25) is 5.91 Å². The first-order valence-electron chi connectivity index (χ1n) is 10.8. The summed E-state index contributed by atoms with van der Waals surface area (Å²) in [5.41, 5.74) is 5.27. The van der Waals surface area contributed by atoms with Crippen molar-refractivity contribution in [3.63, 3.8) is 0 Å². The van der Waals surface area contributed by atoms with Gasteiger partial charge in [-0.1, -0.05) is 36.4 Å². The second kappa shape index (κ2) is 10.2. The number of carbonyl (C=O) groups is 1. The van der Waals surface area contributed by atoms with Gasteiger partial charge in [-0.15, -0.1) is 0 Å². The summed E-state index contributed by atoms with van der Waals surface area (Å²) in [7, 11) is 0. The van der Waals surface area contributed by atoms with Gasteiger partial charge < -0.3 is 15.2 Å². The van der Waals surface area contributed by atoms with Crippen LogP contribution in [0, 0.1) is 18.3 Å². The largest absolute Gasteiger partial charge is 0.342 e. The van der Waals surface area contributed by atoms with E-state index in [1.165, 1.54) is 24.0 Å². The Morgan fingerprint density at radius 3 is 2.67 bits per heavy atom. The van der Waals surface area contributed by atoms with Gasteiger partial charge in [-0.2, -0.15) is 9.64 Å². The Hall–Kier alpha value is -3.89. The van der Waals surface area contributed by atoms with Gasteiger partial charge in [0.25, 0.3) is 0 Å². The van der Waals surface area contributed by atoms with Crippen LogP contribution in [0.15, 0.2) is 66.9 Å². The summed E-state index contributed by atoms with van der Waals surface area (Å²) in [6.07, 6.45) is 4.04. The summed E-state index contributed by atoms with van der Waals surface area (Å²) in [5, 5.41) is 15.9. The van der Waals surface area contributed by atoms with E-state index in [2.05, 4.69) is 62.2 Å². The Morgan fingerprint density at radius 2 is 1.91 bits per heavy atom. The molecule has 0 radical (unpaired) electrons. The number of aromatic nitrogens is 2. The molecule has 166 valence electrons. The molecule has 0 unspecified atom stereocenters. The van der Waals surface area contributed by atoms with E-state index in [1.807, 2.05) is 37.3 Å². The lowest BCUT2D eigenvalue weighted by Gasteiger charge is -2.12. The van der Waals surface area contributed by atoms with Crippen LogP contribution >= 0.6 is 11.5 Å². The van der Waals surface area contributed by atoms with E-state index in [0.717, 1.165) is 52.7 Å². The number of rotatable bonds is 8. The fourth-order valence-electron chi connectivity index (χ4n) is 3.74. The molecule has 1 amide bonds. The molecule has 0 aliphatic rings. The molecular formula is C26H25N5OS. The van der Waals surface area contributed by atoms with Crippen molar-refractivity contribution in [3.8, 4) is 16.5 Å². The number of hydrogen-bond donors (Lipinski definition) is 2. The zero-order chi connectivity index (χ0) is 23.2. The van der Waals surface area contributed by atoms with Crippen LogP contribution in [0.3, 0.4) is 0 Å². The van der Waals surface area contributed by atoms with Crippen LogP contribution in [0.4, 0.5) is 17.2 Å². The summed E-state index contributed by atoms with van der Waals surface area (Å²) < 4.78 is 6.56. The van der Waals surface area contributed by atoms with Crippen molar-refractivity contribution in [3.05, 3.63) is 83.7 Å². The van der Waals surface area contributed by atoms with Crippen LogP contribution in [0.5, 0.6) is 0 Å². The molecule has 0 saturated heterocycles. The van der Waals surface area contributed by atoms with Gasteiger partial charge in [-0.25, -0.2) is 0 Å². The van der Waals surface area contributed by atoms with Gasteiger partial charge >= 0.3 is 0 Å². The molecule has 33 heavy (non-hydrogen) atoms. The second-order valence-corrected chi connectivity index (χ2v) is 8.64. The summed E-state index contributed by atoms with van der Waals surface area (Å²) >= 11 is 1.35. The molecule has 0 aliphatic carbocycles. The van der Waals surface area contributed by atoms with E-state index in [1.54, 1.807) is 0 Å². The molecule has 2 N–H and O–H groups in total. The summed E-state index contributed by atoms with van der Waals surface area (Å²) in [6, 6.07) is 22.4. The maximum Gasteiger partial charge on any atom is 0.221 e. The van der Waals surface area contributed by atoms with Crippen molar-refractivity contribution in [1.82, 2.24) is 8.94 Å². The van der Waals surface area contributed by atoms with Crippen molar-refractivity contribution in [1.29, 1.82) is 5.26 Å². The molecule has 0 fully saturated rings. The SMILES string of the molecule is CC(=O)Nc1cccc(Nc2cc(-c3snc(C)c3C#N)cn2CCCc2ccccc2)c1. The van der Waals surface area contributed by atoms with E-state index < -0.39 is 0 Å². The Balaban J connectivity index is 1.61. The average molecular weight is 456 g/mol. The minimum Gasteiger partial charge on any atom is -0.342 e. The highest BCUT2D eigenvalue weighted by molar-refractivity contribution is 7.10. The number of benzene rings is 2. The molecule has 6 nitrogen and oxygen atoms in total. The van der Waals surface area contributed by atoms with Gasteiger partial charge in [-0.05, 0) is 61.1 Å². The number of amides is 1. The topological polar surface area (TPSA) is 82.7 Å². The van der Waals surface area contributed by atoms with E-state index in [0.29, 0.717) is 5.56 Å². The minimum absolute atomic E-state index is 0.108. The Labute approximate surface area is 197 Å². The van der Waals surface area contributed by atoms with Crippen LogP contribution in [-0.4, -0.2) is 14.8 Å². The first kappa shape index (κ1) is 22.3. The lowest BCUT2D eigenvalue weighted by atomic mass is 10.1. The Morgan fingerprint density at radius 1 is 1.12 bits per heavy atom. The third-order valence-electron chi connectivity index (χ3n) is 5.30. The average Bonchev–Trinajstić information content (AvgIpc) is 3.37. The van der Waals surface area contributed by atoms with Gasteiger partial charge in [-0.3, -0.25) is 4.79 Å². The molecule has 0 aliphatic heterocycles. The molecule has 0 bridgehead atoms. The summed E-state index contributed by atoms with van der Waals surface area (Å²) in [4.78, 5) is 12.3. The highest BCUT2D eigenvalue weighted by atomic mass is 32.1.